The fraction of sp³-hybridized carbons (Fsp3) is 0.333. The number of nitrogens with zero attached hydrogens (tertiary/aromatic N) is 3. The Labute approximate surface area is 142 Å². The SMILES string of the molecule is CC(C)CN1C(=O)C(=O)N(CC(=O)Nc2cccc([N+](=O)[O-])c2)C1=O. The standard InChI is InChI=1S/C15H16N4O6/c1-9(2)7-17-13(21)14(22)18(15(17)23)8-12(20)16-10-4-3-5-11(6-10)19(24)25/h3-6,9H,7-8H2,1-2H3,(H,16,20). The van der Waals surface area contributed by atoms with Crippen LogP contribution in [0.5, 0.6) is 0 Å². The average molecular weight is 348 g/mol. The molecule has 1 aromatic rings. The van der Waals surface area contributed by atoms with Gasteiger partial charge in [-0.2, -0.15) is 0 Å². The minimum absolute atomic E-state index is 0.0284. The number of amides is 5. The molecule has 5 amide bonds. The molecule has 25 heavy (non-hydrogen) atoms. The number of hydrogen-bond donors (Lipinski definition) is 1. The normalized spacial score (nSPS) is 14.4. The highest BCUT2D eigenvalue weighted by molar-refractivity contribution is 6.45. The molecule has 10 heteroatoms. The van der Waals surface area contributed by atoms with E-state index in [2.05, 4.69) is 5.32 Å². The Hall–Kier alpha value is -3.30. The second-order valence-corrected chi connectivity index (χ2v) is 5.84. The van der Waals surface area contributed by atoms with Crippen molar-refractivity contribution in [2.75, 3.05) is 18.4 Å². The van der Waals surface area contributed by atoms with Crippen LogP contribution in [0, 0.1) is 16.0 Å². The molecule has 10 nitrogen and oxygen atoms in total. The molecule has 1 aliphatic heterocycles. The van der Waals surface area contributed by atoms with Gasteiger partial charge in [-0.25, -0.2) is 9.69 Å². The topological polar surface area (TPSA) is 130 Å². The van der Waals surface area contributed by atoms with Gasteiger partial charge in [0.15, 0.2) is 0 Å². The Kier molecular flexibility index (Phi) is 5.11. The molecule has 1 heterocycles. The largest absolute Gasteiger partial charge is 0.334 e. The number of urea groups is 1. The number of non-ortho nitro benzene ring substituents is 1. The number of imide groups is 2. The fourth-order valence-corrected chi connectivity index (χ4v) is 2.26. The first-order valence-electron chi connectivity index (χ1n) is 7.42. The number of benzene rings is 1. The first-order chi connectivity index (χ1) is 11.7. The lowest BCUT2D eigenvalue weighted by atomic mass is 10.2. The molecule has 1 saturated heterocycles. The number of nitro benzene ring substituents is 1. The molecule has 0 saturated carbocycles. The molecule has 0 aliphatic carbocycles. The van der Waals surface area contributed by atoms with Crippen LogP contribution in [-0.2, 0) is 14.4 Å². The molecule has 0 unspecified atom stereocenters. The van der Waals surface area contributed by atoms with Gasteiger partial charge in [0, 0.05) is 24.4 Å². The quantitative estimate of drug-likeness (QED) is 0.353. The molecule has 1 fully saturated rings. The third kappa shape index (κ3) is 3.97. The molecule has 132 valence electrons. The van der Waals surface area contributed by atoms with Gasteiger partial charge in [0.2, 0.25) is 5.91 Å². The Morgan fingerprint density at radius 1 is 1.20 bits per heavy atom. The van der Waals surface area contributed by atoms with Gasteiger partial charge < -0.3 is 5.32 Å². The highest BCUT2D eigenvalue weighted by Gasteiger charge is 2.45. The summed E-state index contributed by atoms with van der Waals surface area (Å²) in [6, 6.07) is 4.36. The third-order valence-electron chi connectivity index (χ3n) is 3.33. The first-order valence-corrected chi connectivity index (χ1v) is 7.42. The van der Waals surface area contributed by atoms with Crippen molar-refractivity contribution in [2.45, 2.75) is 13.8 Å². The highest BCUT2D eigenvalue weighted by Crippen LogP contribution is 2.18. The summed E-state index contributed by atoms with van der Waals surface area (Å²) >= 11 is 0. The summed E-state index contributed by atoms with van der Waals surface area (Å²) in [7, 11) is 0. The highest BCUT2D eigenvalue weighted by atomic mass is 16.6. The van der Waals surface area contributed by atoms with E-state index in [0.29, 0.717) is 4.90 Å². The van der Waals surface area contributed by atoms with Crippen LogP contribution in [0.3, 0.4) is 0 Å². The number of nitro groups is 1. The summed E-state index contributed by atoms with van der Waals surface area (Å²) < 4.78 is 0. The van der Waals surface area contributed by atoms with Gasteiger partial charge in [-0.3, -0.25) is 29.4 Å². The number of nitrogens with one attached hydrogen (secondary N) is 1. The van der Waals surface area contributed by atoms with Gasteiger partial charge in [0.25, 0.3) is 5.69 Å². The molecule has 2 rings (SSSR count). The van der Waals surface area contributed by atoms with Crippen molar-refractivity contribution in [1.82, 2.24) is 9.80 Å². The van der Waals surface area contributed by atoms with E-state index in [1.165, 1.54) is 18.2 Å². The van der Waals surface area contributed by atoms with Gasteiger partial charge in [-0.1, -0.05) is 19.9 Å². The second-order valence-electron chi connectivity index (χ2n) is 5.84. The van der Waals surface area contributed by atoms with Crippen molar-refractivity contribution < 1.29 is 24.1 Å². The van der Waals surface area contributed by atoms with Crippen LogP contribution in [-0.4, -0.2) is 51.6 Å². The van der Waals surface area contributed by atoms with Crippen molar-refractivity contribution in [3.8, 4) is 0 Å². The van der Waals surface area contributed by atoms with Crippen molar-refractivity contribution >= 4 is 35.1 Å². The summed E-state index contributed by atoms with van der Waals surface area (Å²) in [6.45, 7) is 2.98. The molecular weight excluding hydrogens is 332 g/mol. The zero-order chi connectivity index (χ0) is 18.7. The van der Waals surface area contributed by atoms with Gasteiger partial charge in [-0.05, 0) is 12.0 Å². The van der Waals surface area contributed by atoms with Crippen LogP contribution in [0.4, 0.5) is 16.2 Å². The van der Waals surface area contributed by atoms with Crippen LogP contribution >= 0.6 is 0 Å². The summed E-state index contributed by atoms with van der Waals surface area (Å²) in [4.78, 5) is 59.3. The molecule has 0 atom stereocenters. The maximum atomic E-state index is 12.1. The van der Waals surface area contributed by atoms with E-state index in [1.54, 1.807) is 13.8 Å². The van der Waals surface area contributed by atoms with Crippen LogP contribution < -0.4 is 5.32 Å². The Bertz CT molecular complexity index is 760. The van der Waals surface area contributed by atoms with Gasteiger partial charge in [0.1, 0.15) is 6.54 Å². The monoisotopic (exact) mass is 348 g/mol. The molecular formula is C15H16N4O6. The lowest BCUT2D eigenvalue weighted by Crippen LogP contribution is -2.39. The van der Waals surface area contributed by atoms with E-state index in [9.17, 15) is 29.3 Å². The Morgan fingerprint density at radius 2 is 1.84 bits per heavy atom. The molecule has 1 N–H and O–H groups in total. The minimum atomic E-state index is -1.07. The maximum absolute atomic E-state index is 12.1. The van der Waals surface area contributed by atoms with Crippen molar-refractivity contribution in [2.24, 2.45) is 5.92 Å². The van der Waals surface area contributed by atoms with Gasteiger partial charge >= 0.3 is 17.8 Å². The maximum Gasteiger partial charge on any atom is 0.334 e. The molecule has 0 spiro atoms. The number of carbonyl (C=O) groups excluding carboxylic acids is 4. The molecule has 0 aromatic heterocycles. The van der Waals surface area contributed by atoms with Gasteiger partial charge in [0.05, 0.1) is 4.92 Å². The van der Waals surface area contributed by atoms with E-state index in [-0.39, 0.29) is 23.8 Å². The number of anilines is 1. The summed E-state index contributed by atoms with van der Waals surface area (Å²) in [5.41, 5.74) is -0.0759. The predicted molar refractivity (Wildman–Crippen MR) is 85.4 cm³/mol. The summed E-state index contributed by atoms with van der Waals surface area (Å²) in [5, 5.41) is 13.1. The minimum Gasteiger partial charge on any atom is -0.324 e. The van der Waals surface area contributed by atoms with Gasteiger partial charge in [-0.15, -0.1) is 0 Å². The van der Waals surface area contributed by atoms with Crippen molar-refractivity contribution in [3.63, 3.8) is 0 Å². The zero-order valence-corrected chi connectivity index (χ0v) is 13.6. The Morgan fingerprint density at radius 3 is 2.44 bits per heavy atom. The third-order valence-corrected chi connectivity index (χ3v) is 3.33. The average Bonchev–Trinajstić information content (AvgIpc) is 2.72. The first kappa shape index (κ1) is 18.0. The predicted octanol–water partition coefficient (Wildman–Crippen LogP) is 0.980. The number of rotatable bonds is 6. The molecule has 0 bridgehead atoms. The molecule has 1 aliphatic rings. The van der Waals surface area contributed by atoms with E-state index >= 15 is 0 Å². The van der Waals surface area contributed by atoms with E-state index in [1.807, 2.05) is 0 Å². The van der Waals surface area contributed by atoms with Crippen LogP contribution in [0.25, 0.3) is 0 Å². The van der Waals surface area contributed by atoms with E-state index < -0.39 is 35.2 Å². The zero-order valence-electron chi connectivity index (χ0n) is 13.6. The van der Waals surface area contributed by atoms with E-state index in [4.69, 9.17) is 0 Å². The van der Waals surface area contributed by atoms with E-state index in [0.717, 1.165) is 11.0 Å². The lowest BCUT2D eigenvalue weighted by Gasteiger charge is -2.16. The smallest absolute Gasteiger partial charge is 0.324 e. The summed E-state index contributed by atoms with van der Waals surface area (Å²) in [5.74, 6) is -2.82. The number of carbonyl (C=O) groups is 4. The van der Waals surface area contributed by atoms with Crippen LogP contribution in [0.2, 0.25) is 0 Å². The number of hydrogen-bond acceptors (Lipinski definition) is 6. The molecule has 1 aromatic carbocycles. The summed E-state index contributed by atoms with van der Waals surface area (Å²) in [6.07, 6.45) is 0. The fourth-order valence-electron chi connectivity index (χ4n) is 2.26. The van der Waals surface area contributed by atoms with Crippen molar-refractivity contribution in [1.29, 1.82) is 0 Å². The Balaban J connectivity index is 2.06. The van der Waals surface area contributed by atoms with Crippen LogP contribution in [0.15, 0.2) is 24.3 Å². The van der Waals surface area contributed by atoms with Crippen molar-refractivity contribution in [3.05, 3.63) is 34.4 Å². The van der Waals surface area contributed by atoms with Crippen LogP contribution in [0.1, 0.15) is 13.8 Å². The lowest BCUT2D eigenvalue weighted by molar-refractivity contribution is -0.384. The molecule has 0 radical (unpaired) electrons. The second kappa shape index (κ2) is 7.07.